The molecule has 1 aliphatic rings. The molecule has 0 spiro atoms. The SMILES string of the molecule is Cc1cc(C)c2c(c1C)N(C)C(=O)CCO2. The maximum absolute atomic E-state index is 11.8. The average molecular weight is 219 g/mol. The van der Waals surface area contributed by atoms with Crippen LogP contribution in [0.15, 0.2) is 6.07 Å². The van der Waals surface area contributed by atoms with Gasteiger partial charge in [-0.1, -0.05) is 6.07 Å². The van der Waals surface area contributed by atoms with Crippen molar-refractivity contribution in [3.05, 3.63) is 22.8 Å². The van der Waals surface area contributed by atoms with E-state index in [9.17, 15) is 4.79 Å². The van der Waals surface area contributed by atoms with Gasteiger partial charge in [-0.25, -0.2) is 0 Å². The second-order valence-electron chi connectivity index (χ2n) is 4.36. The highest BCUT2D eigenvalue weighted by atomic mass is 16.5. The lowest BCUT2D eigenvalue weighted by molar-refractivity contribution is -0.118. The molecular formula is C13H17NO2. The van der Waals surface area contributed by atoms with Crippen molar-refractivity contribution >= 4 is 11.6 Å². The number of nitrogens with zero attached hydrogens (tertiary/aromatic N) is 1. The van der Waals surface area contributed by atoms with Crippen molar-refractivity contribution in [3.63, 3.8) is 0 Å². The number of anilines is 1. The monoisotopic (exact) mass is 219 g/mol. The fourth-order valence-corrected chi connectivity index (χ4v) is 2.16. The van der Waals surface area contributed by atoms with Crippen LogP contribution in [0.2, 0.25) is 0 Å². The maximum atomic E-state index is 11.8. The van der Waals surface area contributed by atoms with Crippen LogP contribution in [0.1, 0.15) is 23.1 Å². The highest BCUT2D eigenvalue weighted by molar-refractivity contribution is 5.96. The Balaban J connectivity index is 2.69. The van der Waals surface area contributed by atoms with E-state index in [2.05, 4.69) is 13.0 Å². The molecule has 0 fully saturated rings. The van der Waals surface area contributed by atoms with Gasteiger partial charge in [0.05, 0.1) is 18.7 Å². The molecule has 1 heterocycles. The van der Waals surface area contributed by atoms with Crippen LogP contribution in [0.25, 0.3) is 0 Å². The zero-order chi connectivity index (χ0) is 11.9. The smallest absolute Gasteiger partial charge is 0.230 e. The molecule has 0 unspecified atom stereocenters. The summed E-state index contributed by atoms with van der Waals surface area (Å²) in [5, 5.41) is 0. The summed E-state index contributed by atoms with van der Waals surface area (Å²) >= 11 is 0. The van der Waals surface area contributed by atoms with Gasteiger partial charge in [0.1, 0.15) is 5.75 Å². The van der Waals surface area contributed by atoms with Crippen molar-refractivity contribution in [2.45, 2.75) is 27.2 Å². The number of fused-ring (bicyclic) bond motifs is 1. The Morgan fingerprint density at radius 2 is 1.94 bits per heavy atom. The summed E-state index contributed by atoms with van der Waals surface area (Å²) in [6, 6.07) is 2.11. The fraction of sp³-hybridized carbons (Fsp3) is 0.462. The van der Waals surface area contributed by atoms with Crippen molar-refractivity contribution in [1.29, 1.82) is 0 Å². The summed E-state index contributed by atoms with van der Waals surface area (Å²) in [5.74, 6) is 0.975. The van der Waals surface area contributed by atoms with Gasteiger partial charge in [0, 0.05) is 7.05 Å². The largest absolute Gasteiger partial charge is 0.491 e. The Hall–Kier alpha value is -1.51. The third kappa shape index (κ3) is 1.56. The molecule has 0 N–H and O–H groups in total. The van der Waals surface area contributed by atoms with Gasteiger partial charge in [0.2, 0.25) is 5.91 Å². The lowest BCUT2D eigenvalue weighted by Gasteiger charge is -2.21. The quantitative estimate of drug-likeness (QED) is 0.670. The number of amides is 1. The van der Waals surface area contributed by atoms with Crippen molar-refractivity contribution in [2.75, 3.05) is 18.6 Å². The van der Waals surface area contributed by atoms with E-state index in [0.29, 0.717) is 13.0 Å². The lowest BCUT2D eigenvalue weighted by atomic mass is 10.0. The first kappa shape index (κ1) is 11.0. The van der Waals surface area contributed by atoms with Gasteiger partial charge in [0.15, 0.2) is 0 Å². The topological polar surface area (TPSA) is 29.5 Å². The summed E-state index contributed by atoms with van der Waals surface area (Å²) in [5.41, 5.74) is 4.35. The molecule has 0 atom stereocenters. The van der Waals surface area contributed by atoms with Crippen molar-refractivity contribution in [1.82, 2.24) is 0 Å². The fourth-order valence-electron chi connectivity index (χ4n) is 2.16. The average Bonchev–Trinajstić information content (AvgIpc) is 2.37. The number of carbonyl (C=O) groups is 1. The first-order valence-electron chi connectivity index (χ1n) is 5.52. The molecule has 86 valence electrons. The standard InChI is InChI=1S/C13H17NO2/c1-8-7-9(2)13-12(10(8)3)14(4)11(15)5-6-16-13/h7H,5-6H2,1-4H3. The Kier molecular flexibility index (Phi) is 2.62. The summed E-state index contributed by atoms with van der Waals surface area (Å²) in [6.07, 6.45) is 0.448. The highest BCUT2D eigenvalue weighted by Gasteiger charge is 2.24. The molecule has 3 nitrogen and oxygen atoms in total. The Morgan fingerprint density at radius 3 is 2.62 bits per heavy atom. The van der Waals surface area contributed by atoms with Crippen molar-refractivity contribution in [2.24, 2.45) is 0 Å². The van der Waals surface area contributed by atoms with Crippen LogP contribution in [-0.4, -0.2) is 19.6 Å². The molecule has 2 rings (SSSR count). The molecule has 1 amide bonds. The number of aryl methyl sites for hydroxylation is 2. The molecule has 1 aromatic carbocycles. The zero-order valence-corrected chi connectivity index (χ0v) is 10.3. The number of hydrogen-bond donors (Lipinski definition) is 0. The number of benzene rings is 1. The molecule has 1 aromatic rings. The van der Waals surface area contributed by atoms with Crippen LogP contribution in [0, 0.1) is 20.8 Å². The second-order valence-corrected chi connectivity index (χ2v) is 4.36. The third-order valence-electron chi connectivity index (χ3n) is 3.22. The number of hydrogen-bond acceptors (Lipinski definition) is 2. The van der Waals surface area contributed by atoms with E-state index in [4.69, 9.17) is 4.74 Å². The normalized spacial score (nSPS) is 15.5. The van der Waals surface area contributed by atoms with E-state index >= 15 is 0 Å². The van der Waals surface area contributed by atoms with Gasteiger partial charge in [0.25, 0.3) is 0 Å². The van der Waals surface area contributed by atoms with E-state index in [0.717, 1.165) is 22.6 Å². The summed E-state index contributed by atoms with van der Waals surface area (Å²) < 4.78 is 5.69. The Labute approximate surface area is 96.0 Å². The summed E-state index contributed by atoms with van der Waals surface area (Å²) in [6.45, 7) is 6.59. The van der Waals surface area contributed by atoms with E-state index in [-0.39, 0.29) is 5.91 Å². The van der Waals surface area contributed by atoms with Crippen LogP contribution in [0.5, 0.6) is 5.75 Å². The minimum Gasteiger partial charge on any atom is -0.491 e. The summed E-state index contributed by atoms with van der Waals surface area (Å²) in [7, 11) is 1.82. The van der Waals surface area contributed by atoms with Crippen molar-refractivity contribution < 1.29 is 9.53 Å². The predicted molar refractivity (Wildman–Crippen MR) is 64.2 cm³/mol. The van der Waals surface area contributed by atoms with Crippen LogP contribution in [0.3, 0.4) is 0 Å². The summed E-state index contributed by atoms with van der Waals surface area (Å²) in [4.78, 5) is 13.5. The molecule has 0 bridgehead atoms. The van der Waals surface area contributed by atoms with Gasteiger partial charge in [-0.3, -0.25) is 4.79 Å². The zero-order valence-electron chi connectivity index (χ0n) is 10.3. The van der Waals surface area contributed by atoms with Gasteiger partial charge in [-0.05, 0) is 37.5 Å². The van der Waals surface area contributed by atoms with Gasteiger partial charge >= 0.3 is 0 Å². The molecule has 0 aromatic heterocycles. The first-order valence-corrected chi connectivity index (χ1v) is 5.52. The first-order chi connectivity index (χ1) is 7.52. The highest BCUT2D eigenvalue weighted by Crippen LogP contribution is 2.38. The van der Waals surface area contributed by atoms with Crippen LogP contribution < -0.4 is 9.64 Å². The van der Waals surface area contributed by atoms with E-state index in [1.54, 1.807) is 4.90 Å². The second kappa shape index (κ2) is 3.81. The van der Waals surface area contributed by atoms with E-state index in [1.807, 2.05) is 20.9 Å². The molecule has 16 heavy (non-hydrogen) atoms. The third-order valence-corrected chi connectivity index (χ3v) is 3.22. The minimum atomic E-state index is 0.117. The molecular weight excluding hydrogens is 202 g/mol. The molecule has 0 aliphatic carbocycles. The molecule has 3 heteroatoms. The van der Waals surface area contributed by atoms with E-state index < -0.39 is 0 Å². The Morgan fingerprint density at radius 1 is 1.25 bits per heavy atom. The molecule has 0 saturated heterocycles. The predicted octanol–water partition coefficient (Wildman–Crippen LogP) is 2.36. The Bertz CT molecular complexity index is 452. The van der Waals surface area contributed by atoms with Crippen molar-refractivity contribution in [3.8, 4) is 5.75 Å². The maximum Gasteiger partial charge on any atom is 0.230 e. The number of rotatable bonds is 0. The number of ether oxygens (including phenoxy) is 1. The minimum absolute atomic E-state index is 0.117. The lowest BCUT2D eigenvalue weighted by Crippen LogP contribution is -2.26. The van der Waals surface area contributed by atoms with Crippen LogP contribution in [-0.2, 0) is 4.79 Å². The molecule has 0 saturated carbocycles. The number of carbonyl (C=O) groups excluding carboxylic acids is 1. The van der Waals surface area contributed by atoms with Gasteiger partial charge < -0.3 is 9.64 Å². The van der Waals surface area contributed by atoms with E-state index in [1.165, 1.54) is 5.56 Å². The van der Waals surface area contributed by atoms with Gasteiger partial charge in [-0.2, -0.15) is 0 Å². The molecule has 0 radical (unpaired) electrons. The van der Waals surface area contributed by atoms with Crippen LogP contribution in [0.4, 0.5) is 5.69 Å². The molecule has 1 aliphatic heterocycles. The van der Waals surface area contributed by atoms with Crippen LogP contribution >= 0.6 is 0 Å². The van der Waals surface area contributed by atoms with Gasteiger partial charge in [-0.15, -0.1) is 0 Å².